The fourth-order valence-electron chi connectivity index (χ4n) is 1.98. The van der Waals surface area contributed by atoms with Crippen molar-refractivity contribution in [2.45, 2.75) is 6.04 Å². The van der Waals surface area contributed by atoms with Crippen LogP contribution in [0.4, 0.5) is 0 Å². The number of ether oxygens (including phenoxy) is 3. The summed E-state index contributed by atoms with van der Waals surface area (Å²) in [5, 5.41) is 0.574. The van der Waals surface area contributed by atoms with Crippen LogP contribution in [0, 0.1) is 0 Å². The van der Waals surface area contributed by atoms with Gasteiger partial charge in [0, 0.05) is 0 Å². The minimum Gasteiger partial charge on any atom is -0.490 e. The first-order valence-corrected chi connectivity index (χ1v) is 6.64. The molecule has 20 heavy (non-hydrogen) atoms. The van der Waals surface area contributed by atoms with Crippen molar-refractivity contribution in [2.24, 2.45) is 5.73 Å². The molecule has 1 heterocycles. The topological polar surface area (TPSA) is 53.7 Å². The minimum absolute atomic E-state index is 0.254. The Balaban J connectivity index is 1.67. The Morgan fingerprint density at radius 2 is 1.95 bits per heavy atom. The van der Waals surface area contributed by atoms with Gasteiger partial charge in [0.1, 0.15) is 12.4 Å². The molecule has 2 aromatic rings. The highest BCUT2D eigenvalue weighted by atomic mass is 35.5. The SMILES string of the molecule is NC(COc1ccccc1Cl)c1ccc2c(c1)OCO2. The van der Waals surface area contributed by atoms with Crippen LogP contribution in [0.5, 0.6) is 17.2 Å². The van der Waals surface area contributed by atoms with Crippen molar-refractivity contribution < 1.29 is 14.2 Å². The molecule has 1 aliphatic heterocycles. The summed E-state index contributed by atoms with van der Waals surface area (Å²) in [5.41, 5.74) is 7.05. The van der Waals surface area contributed by atoms with Crippen molar-refractivity contribution in [2.75, 3.05) is 13.4 Å². The van der Waals surface area contributed by atoms with E-state index in [-0.39, 0.29) is 12.8 Å². The zero-order chi connectivity index (χ0) is 13.9. The van der Waals surface area contributed by atoms with E-state index in [2.05, 4.69) is 0 Å². The number of rotatable bonds is 4. The second kappa shape index (κ2) is 5.61. The van der Waals surface area contributed by atoms with Gasteiger partial charge in [-0.1, -0.05) is 29.8 Å². The summed E-state index contributed by atoms with van der Waals surface area (Å²) in [6.45, 7) is 0.591. The second-order valence-corrected chi connectivity index (χ2v) is 4.87. The van der Waals surface area contributed by atoms with Gasteiger partial charge in [0.15, 0.2) is 11.5 Å². The first-order chi connectivity index (χ1) is 9.74. The van der Waals surface area contributed by atoms with Gasteiger partial charge in [-0.15, -0.1) is 0 Å². The number of halogens is 1. The van der Waals surface area contributed by atoms with E-state index in [1.165, 1.54) is 0 Å². The van der Waals surface area contributed by atoms with Crippen molar-refractivity contribution in [3.05, 3.63) is 53.1 Å². The molecule has 0 spiro atoms. The average molecular weight is 292 g/mol. The van der Waals surface area contributed by atoms with Crippen molar-refractivity contribution >= 4 is 11.6 Å². The quantitative estimate of drug-likeness (QED) is 0.940. The highest BCUT2D eigenvalue weighted by Gasteiger charge is 2.16. The van der Waals surface area contributed by atoms with Crippen molar-refractivity contribution in [3.63, 3.8) is 0 Å². The maximum atomic E-state index is 6.12. The van der Waals surface area contributed by atoms with E-state index in [1.807, 2.05) is 36.4 Å². The van der Waals surface area contributed by atoms with Crippen LogP contribution in [0.2, 0.25) is 5.02 Å². The number of nitrogens with two attached hydrogens (primary N) is 1. The molecule has 0 aromatic heterocycles. The van der Waals surface area contributed by atoms with Crippen LogP contribution in [0.25, 0.3) is 0 Å². The van der Waals surface area contributed by atoms with Gasteiger partial charge < -0.3 is 19.9 Å². The zero-order valence-corrected chi connectivity index (χ0v) is 11.5. The average Bonchev–Trinajstić information content (AvgIpc) is 2.93. The molecule has 2 N–H and O–H groups in total. The predicted octanol–water partition coefficient (Wildman–Crippen LogP) is 3.15. The molecular weight excluding hydrogens is 278 g/mol. The van der Waals surface area contributed by atoms with Crippen molar-refractivity contribution in [1.82, 2.24) is 0 Å². The first-order valence-electron chi connectivity index (χ1n) is 6.26. The molecule has 0 amide bonds. The smallest absolute Gasteiger partial charge is 0.231 e. The van der Waals surface area contributed by atoms with Crippen LogP contribution < -0.4 is 19.9 Å². The van der Waals surface area contributed by atoms with Gasteiger partial charge in [0.2, 0.25) is 6.79 Å². The number of hydrogen-bond donors (Lipinski definition) is 1. The molecule has 3 rings (SSSR count). The Bertz CT molecular complexity index is 618. The van der Waals surface area contributed by atoms with Crippen LogP contribution in [-0.2, 0) is 0 Å². The third-order valence-corrected chi connectivity index (χ3v) is 3.39. The normalized spacial score (nSPS) is 14.1. The summed E-state index contributed by atoms with van der Waals surface area (Å²) < 4.78 is 16.2. The molecular formula is C15H14ClNO3. The summed E-state index contributed by atoms with van der Waals surface area (Å²) in [6, 6.07) is 12.7. The Morgan fingerprint density at radius 3 is 2.80 bits per heavy atom. The number of para-hydroxylation sites is 1. The highest BCUT2D eigenvalue weighted by Crippen LogP contribution is 2.34. The number of benzene rings is 2. The van der Waals surface area contributed by atoms with E-state index < -0.39 is 0 Å². The van der Waals surface area contributed by atoms with Crippen molar-refractivity contribution in [3.8, 4) is 17.2 Å². The summed E-state index contributed by atoms with van der Waals surface area (Å²) in [4.78, 5) is 0. The van der Waals surface area contributed by atoms with Gasteiger partial charge in [-0.3, -0.25) is 0 Å². The molecule has 1 atom stereocenters. The third-order valence-electron chi connectivity index (χ3n) is 3.08. The largest absolute Gasteiger partial charge is 0.490 e. The van der Waals surface area contributed by atoms with Crippen molar-refractivity contribution in [1.29, 1.82) is 0 Å². The highest BCUT2D eigenvalue weighted by molar-refractivity contribution is 6.32. The molecule has 1 aliphatic rings. The number of fused-ring (bicyclic) bond motifs is 1. The summed E-state index contributed by atoms with van der Waals surface area (Å²) >= 11 is 6.03. The molecule has 0 fully saturated rings. The fourth-order valence-corrected chi connectivity index (χ4v) is 2.17. The Morgan fingerprint density at radius 1 is 1.15 bits per heavy atom. The molecule has 104 valence electrons. The lowest BCUT2D eigenvalue weighted by Crippen LogP contribution is -2.19. The molecule has 4 nitrogen and oxygen atoms in total. The van der Waals surface area contributed by atoms with Crippen LogP contribution in [0.1, 0.15) is 11.6 Å². The van der Waals surface area contributed by atoms with Crippen LogP contribution in [0.15, 0.2) is 42.5 Å². The molecule has 1 unspecified atom stereocenters. The van der Waals surface area contributed by atoms with E-state index in [1.54, 1.807) is 6.07 Å². The number of hydrogen-bond acceptors (Lipinski definition) is 4. The monoisotopic (exact) mass is 291 g/mol. The lowest BCUT2D eigenvalue weighted by molar-refractivity contribution is 0.174. The Kier molecular flexibility index (Phi) is 3.67. The maximum Gasteiger partial charge on any atom is 0.231 e. The van der Waals surface area contributed by atoms with E-state index in [9.17, 15) is 0 Å². The molecule has 0 radical (unpaired) electrons. The summed E-state index contributed by atoms with van der Waals surface area (Å²) in [5.74, 6) is 2.09. The molecule has 5 heteroatoms. The van der Waals surface area contributed by atoms with Gasteiger partial charge >= 0.3 is 0 Å². The van der Waals surface area contributed by atoms with Crippen LogP contribution in [-0.4, -0.2) is 13.4 Å². The van der Waals surface area contributed by atoms with Gasteiger partial charge in [0.25, 0.3) is 0 Å². The first kappa shape index (κ1) is 13.1. The van der Waals surface area contributed by atoms with Gasteiger partial charge in [-0.05, 0) is 29.8 Å². The predicted molar refractivity (Wildman–Crippen MR) is 76.4 cm³/mol. The third kappa shape index (κ3) is 2.66. The molecule has 0 bridgehead atoms. The second-order valence-electron chi connectivity index (χ2n) is 4.46. The standard InChI is InChI=1S/C15H14ClNO3/c16-11-3-1-2-4-13(11)18-8-12(17)10-5-6-14-15(7-10)20-9-19-14/h1-7,12H,8-9,17H2. The maximum absolute atomic E-state index is 6.12. The molecule has 0 aliphatic carbocycles. The van der Waals surface area contributed by atoms with E-state index >= 15 is 0 Å². The van der Waals surface area contributed by atoms with E-state index in [4.69, 9.17) is 31.5 Å². The van der Waals surface area contributed by atoms with Gasteiger partial charge in [-0.25, -0.2) is 0 Å². The van der Waals surface area contributed by atoms with Gasteiger partial charge in [0.05, 0.1) is 11.1 Å². The molecule has 2 aromatic carbocycles. The fraction of sp³-hybridized carbons (Fsp3) is 0.200. The lowest BCUT2D eigenvalue weighted by atomic mass is 10.1. The lowest BCUT2D eigenvalue weighted by Gasteiger charge is -2.14. The Hall–Kier alpha value is -1.91. The van der Waals surface area contributed by atoms with E-state index in [0.717, 1.165) is 17.1 Å². The van der Waals surface area contributed by atoms with Crippen LogP contribution in [0.3, 0.4) is 0 Å². The zero-order valence-electron chi connectivity index (χ0n) is 10.7. The minimum atomic E-state index is -0.263. The van der Waals surface area contributed by atoms with Crippen LogP contribution >= 0.6 is 11.6 Å². The van der Waals surface area contributed by atoms with Gasteiger partial charge in [-0.2, -0.15) is 0 Å². The van der Waals surface area contributed by atoms with E-state index in [0.29, 0.717) is 17.4 Å². The summed E-state index contributed by atoms with van der Waals surface area (Å²) in [7, 11) is 0. The Labute approximate surface area is 122 Å². The molecule has 0 saturated carbocycles. The summed E-state index contributed by atoms with van der Waals surface area (Å²) in [6.07, 6.45) is 0. The molecule has 0 saturated heterocycles.